The Morgan fingerprint density at radius 1 is 0.558 bits per heavy atom. The number of fused-ring (bicyclic) bond motifs is 8. The molecule has 0 atom stereocenters. The number of aromatic hydroxyl groups is 4. The molecule has 4 aromatic carbocycles. The van der Waals surface area contributed by atoms with Crippen molar-refractivity contribution in [2.45, 2.75) is 38.1 Å². The van der Waals surface area contributed by atoms with Gasteiger partial charge in [0.25, 0.3) is 0 Å². The van der Waals surface area contributed by atoms with Crippen molar-refractivity contribution >= 4 is 14.5 Å². The molecule has 0 unspecified atom stereocenters. The van der Waals surface area contributed by atoms with Gasteiger partial charge in [-0.05, 0) is 51.9 Å². The van der Waals surface area contributed by atoms with Gasteiger partial charge in [0, 0.05) is 76.4 Å². The van der Waals surface area contributed by atoms with Gasteiger partial charge in [0.1, 0.15) is 23.0 Å². The fraction of sp³-hybridized carbons (Fsp3) is 0.294. The molecule has 1 aliphatic rings. The smallest absolute Gasteiger partial charge is 0.500 e. The van der Waals surface area contributed by atoms with Crippen LogP contribution < -0.4 is 5.32 Å². The number of hydrogen-bond donors (Lipinski definition) is 5. The molecule has 0 spiro atoms. The summed E-state index contributed by atoms with van der Waals surface area (Å²) in [7, 11) is 2.11. The van der Waals surface area contributed by atoms with Crippen LogP contribution in [0, 0.1) is 0 Å². The Morgan fingerprint density at radius 2 is 0.884 bits per heavy atom. The van der Waals surface area contributed by atoms with E-state index in [2.05, 4.69) is 5.32 Å². The van der Waals surface area contributed by atoms with E-state index >= 15 is 0 Å². The van der Waals surface area contributed by atoms with Gasteiger partial charge in [0.05, 0.1) is 0 Å². The molecule has 0 heterocycles. The van der Waals surface area contributed by atoms with Crippen molar-refractivity contribution in [2.24, 2.45) is 0 Å². The van der Waals surface area contributed by atoms with Crippen LogP contribution in [-0.4, -0.2) is 57.1 Å². The van der Waals surface area contributed by atoms with Crippen LogP contribution in [0.15, 0.2) is 66.7 Å². The second-order valence-electron chi connectivity index (χ2n) is 11.0. The highest BCUT2D eigenvalue weighted by atomic mass is 28.4. The zero-order chi connectivity index (χ0) is 30.6. The second kappa shape index (κ2) is 13.1. The Balaban J connectivity index is 1.55. The lowest BCUT2D eigenvalue weighted by Crippen LogP contribution is -2.42. The lowest BCUT2D eigenvalue weighted by molar-refractivity contribution is 0.123. The molecular weight excluding hydrogens is 562 g/mol. The summed E-state index contributed by atoms with van der Waals surface area (Å²) in [5.74, 6) is 0.562. The van der Waals surface area contributed by atoms with E-state index in [0.717, 1.165) is 12.1 Å². The van der Waals surface area contributed by atoms with Gasteiger partial charge in [-0.25, -0.2) is 0 Å². The fourth-order valence-electron chi connectivity index (χ4n) is 5.84. The van der Waals surface area contributed by atoms with Crippen LogP contribution in [0.3, 0.4) is 0 Å². The van der Waals surface area contributed by atoms with Crippen molar-refractivity contribution in [3.63, 3.8) is 0 Å². The van der Waals surface area contributed by atoms with Crippen LogP contribution in [0.1, 0.15) is 50.9 Å². The molecule has 0 aliphatic heterocycles. The van der Waals surface area contributed by atoms with E-state index in [-0.39, 0.29) is 23.0 Å². The van der Waals surface area contributed by atoms with Crippen LogP contribution in [0.25, 0.3) is 0 Å². The van der Waals surface area contributed by atoms with Gasteiger partial charge >= 0.3 is 8.80 Å². The van der Waals surface area contributed by atoms with Gasteiger partial charge in [-0.2, -0.15) is 0 Å². The third-order valence-corrected chi connectivity index (χ3v) is 11.2. The van der Waals surface area contributed by atoms with E-state index in [1.807, 2.05) is 66.7 Å². The summed E-state index contributed by atoms with van der Waals surface area (Å²) in [4.78, 5) is 0. The highest BCUT2D eigenvalue weighted by Gasteiger charge is 2.36. The Hall–Kier alpha value is -4.02. The molecule has 0 saturated heterocycles. The van der Waals surface area contributed by atoms with Gasteiger partial charge in [-0.1, -0.05) is 54.6 Å². The van der Waals surface area contributed by atoms with Crippen LogP contribution in [0.2, 0.25) is 6.04 Å². The predicted octanol–water partition coefficient (Wildman–Crippen LogP) is 5.87. The van der Waals surface area contributed by atoms with Gasteiger partial charge in [-0.3, -0.25) is 0 Å². The summed E-state index contributed by atoms with van der Waals surface area (Å²) in [5.41, 5.74) is 6.17. The Morgan fingerprint density at radius 3 is 1.23 bits per heavy atom. The molecular formula is C34H39NO7Si. The van der Waals surface area contributed by atoms with Crippen LogP contribution in [-0.2, 0) is 39.0 Å². The molecule has 0 amide bonds. The van der Waals surface area contributed by atoms with Crippen molar-refractivity contribution in [3.05, 3.63) is 111 Å². The first-order valence-electron chi connectivity index (χ1n) is 14.4. The first kappa shape index (κ1) is 30.4. The maximum atomic E-state index is 11.5. The van der Waals surface area contributed by atoms with Crippen LogP contribution in [0.5, 0.6) is 23.0 Å². The molecule has 8 nitrogen and oxygen atoms in total. The number of hydrogen-bond acceptors (Lipinski definition) is 8. The molecule has 0 aromatic heterocycles. The first-order valence-corrected chi connectivity index (χ1v) is 16.3. The molecule has 5 rings (SSSR count). The molecule has 8 bridgehead atoms. The quantitative estimate of drug-likeness (QED) is 0.0852. The fourth-order valence-corrected chi connectivity index (χ4v) is 7.56. The molecule has 43 heavy (non-hydrogen) atoms. The predicted molar refractivity (Wildman–Crippen MR) is 168 cm³/mol. The molecule has 9 heteroatoms. The second-order valence-corrected chi connectivity index (χ2v) is 14.0. The topological polar surface area (TPSA) is 121 Å². The SMILES string of the molecule is CO[Si](CCCNc1cc2c(O)c(c1)Cc1cccc(c1O)Cc1cccc(c1O)Cc1cccc(c1O)C2)(OC)OC. The summed E-state index contributed by atoms with van der Waals surface area (Å²) in [6, 6.07) is 21.1. The zero-order valence-corrected chi connectivity index (χ0v) is 25.8. The van der Waals surface area contributed by atoms with Crippen LogP contribution >= 0.6 is 0 Å². The summed E-state index contributed by atoms with van der Waals surface area (Å²) in [6.07, 6.45) is 1.99. The highest BCUT2D eigenvalue weighted by Crippen LogP contribution is 2.38. The van der Waals surface area contributed by atoms with E-state index in [1.165, 1.54) is 0 Å². The van der Waals surface area contributed by atoms with Crippen LogP contribution in [0.4, 0.5) is 5.69 Å². The van der Waals surface area contributed by atoms with Crippen molar-refractivity contribution in [2.75, 3.05) is 33.2 Å². The summed E-state index contributed by atoms with van der Waals surface area (Å²) in [5, 5.41) is 48.6. The number of nitrogens with one attached hydrogen (secondary N) is 1. The summed E-state index contributed by atoms with van der Waals surface area (Å²) in [6.45, 7) is 0.622. The Bertz CT molecular complexity index is 1500. The zero-order valence-electron chi connectivity index (χ0n) is 24.8. The van der Waals surface area contributed by atoms with E-state index in [9.17, 15) is 20.4 Å². The number of benzene rings is 4. The minimum Gasteiger partial charge on any atom is -0.507 e. The van der Waals surface area contributed by atoms with Crippen molar-refractivity contribution in [1.82, 2.24) is 0 Å². The number of phenols is 4. The van der Waals surface area contributed by atoms with Crippen molar-refractivity contribution in [3.8, 4) is 23.0 Å². The number of rotatable bonds is 8. The Labute approximate surface area is 253 Å². The molecule has 226 valence electrons. The molecule has 0 fully saturated rings. The largest absolute Gasteiger partial charge is 0.507 e. The van der Waals surface area contributed by atoms with E-state index in [1.54, 1.807) is 21.3 Å². The number of para-hydroxylation sites is 3. The van der Waals surface area contributed by atoms with E-state index < -0.39 is 8.80 Å². The monoisotopic (exact) mass is 601 g/mol. The molecule has 0 radical (unpaired) electrons. The molecule has 1 aliphatic carbocycles. The standard InChI is InChI=1S/C34H39NO7Si/c1-40-43(41-2,42-3)15-7-14-35-30-20-28-18-26-12-5-10-24(32(26)37)16-22-8-4-9-23(31(22)36)17-25-11-6-13-27(33(25)38)19-29(21-30)34(28)39/h4-6,8-13,20-21,35-39H,7,14-19H2,1-3H3. The average molecular weight is 602 g/mol. The minimum atomic E-state index is -2.69. The maximum absolute atomic E-state index is 11.5. The molecule has 0 saturated carbocycles. The number of phenolic OH excluding ortho intramolecular Hbond substituents is 4. The van der Waals surface area contributed by atoms with Gasteiger partial charge in [0.15, 0.2) is 0 Å². The number of anilines is 1. The average Bonchev–Trinajstić information content (AvgIpc) is 3.01. The van der Waals surface area contributed by atoms with Crippen molar-refractivity contribution in [1.29, 1.82) is 0 Å². The maximum Gasteiger partial charge on any atom is 0.500 e. The summed E-state index contributed by atoms with van der Waals surface area (Å²) >= 11 is 0. The molecule has 5 N–H and O–H groups in total. The highest BCUT2D eigenvalue weighted by molar-refractivity contribution is 6.60. The normalized spacial score (nSPS) is 13.1. The Kier molecular flexibility index (Phi) is 9.27. The summed E-state index contributed by atoms with van der Waals surface area (Å²) < 4.78 is 16.6. The lowest BCUT2D eigenvalue weighted by atomic mass is 9.91. The van der Waals surface area contributed by atoms with E-state index in [4.69, 9.17) is 13.3 Å². The van der Waals surface area contributed by atoms with Gasteiger partial charge < -0.3 is 39.0 Å². The molecule has 4 aromatic rings. The third-order valence-electron chi connectivity index (χ3n) is 8.32. The third kappa shape index (κ3) is 6.50. The van der Waals surface area contributed by atoms with E-state index in [0.29, 0.717) is 82.8 Å². The minimum absolute atomic E-state index is 0.125. The first-order chi connectivity index (χ1) is 20.8. The lowest BCUT2D eigenvalue weighted by Gasteiger charge is -2.24. The van der Waals surface area contributed by atoms with Gasteiger partial charge in [-0.15, -0.1) is 0 Å². The van der Waals surface area contributed by atoms with Crippen molar-refractivity contribution < 1.29 is 33.7 Å². The van der Waals surface area contributed by atoms with Gasteiger partial charge in [0.2, 0.25) is 0 Å².